The third kappa shape index (κ3) is 4.02. The lowest BCUT2D eigenvalue weighted by Gasteiger charge is -2.27. The van der Waals surface area contributed by atoms with Gasteiger partial charge in [-0.05, 0) is 25.5 Å². The summed E-state index contributed by atoms with van der Waals surface area (Å²) in [7, 11) is 0. The summed E-state index contributed by atoms with van der Waals surface area (Å²) in [6, 6.07) is 11.0. The van der Waals surface area contributed by atoms with Gasteiger partial charge in [-0.25, -0.2) is 0 Å². The van der Waals surface area contributed by atoms with E-state index in [0.29, 0.717) is 6.04 Å². The first-order valence-corrected chi connectivity index (χ1v) is 5.66. The molecule has 1 unspecified atom stereocenters. The highest BCUT2D eigenvalue weighted by atomic mass is 16.3. The minimum Gasteiger partial charge on any atom is -0.395 e. The second-order valence-corrected chi connectivity index (χ2v) is 3.89. The highest BCUT2D eigenvalue weighted by Crippen LogP contribution is 2.08. The molecule has 0 aliphatic carbocycles. The predicted octanol–water partition coefficient (Wildman–Crippen LogP) is 1.93. The lowest BCUT2D eigenvalue weighted by molar-refractivity contribution is 0.164. The molecule has 15 heavy (non-hydrogen) atoms. The summed E-state index contributed by atoms with van der Waals surface area (Å²) in [5.74, 6) is 0. The molecule has 0 spiro atoms. The van der Waals surface area contributed by atoms with E-state index in [9.17, 15) is 0 Å². The van der Waals surface area contributed by atoms with E-state index in [1.807, 2.05) is 6.07 Å². The molecule has 1 aromatic carbocycles. The fraction of sp³-hybridized carbons (Fsp3) is 0.538. The van der Waals surface area contributed by atoms with E-state index in [4.69, 9.17) is 5.11 Å². The fourth-order valence-corrected chi connectivity index (χ4v) is 1.90. The lowest BCUT2D eigenvalue weighted by atomic mass is 10.1. The van der Waals surface area contributed by atoms with Crippen molar-refractivity contribution in [2.75, 3.05) is 19.7 Å². The number of aliphatic hydroxyl groups excluding tert-OH is 1. The van der Waals surface area contributed by atoms with Crippen LogP contribution >= 0.6 is 0 Å². The average molecular weight is 207 g/mol. The van der Waals surface area contributed by atoms with Gasteiger partial charge in [0.15, 0.2) is 0 Å². The maximum absolute atomic E-state index is 8.94. The third-order valence-corrected chi connectivity index (χ3v) is 2.79. The van der Waals surface area contributed by atoms with Gasteiger partial charge in [0.1, 0.15) is 0 Å². The molecule has 0 fully saturated rings. The van der Waals surface area contributed by atoms with E-state index >= 15 is 0 Å². The van der Waals surface area contributed by atoms with Crippen LogP contribution in [0.1, 0.15) is 19.4 Å². The highest BCUT2D eigenvalue weighted by Gasteiger charge is 2.11. The fourth-order valence-electron chi connectivity index (χ4n) is 1.90. The van der Waals surface area contributed by atoms with E-state index in [1.165, 1.54) is 5.56 Å². The number of rotatable bonds is 6. The van der Waals surface area contributed by atoms with Crippen molar-refractivity contribution in [3.05, 3.63) is 35.9 Å². The van der Waals surface area contributed by atoms with Gasteiger partial charge in [0, 0.05) is 12.6 Å². The molecule has 1 N–H and O–H groups in total. The van der Waals surface area contributed by atoms with Crippen molar-refractivity contribution in [2.24, 2.45) is 0 Å². The standard InChI is InChI=1S/C13H21NO/c1-3-14(9-10-15)12(2)11-13-7-5-4-6-8-13/h4-8,12,15H,3,9-11H2,1-2H3. The summed E-state index contributed by atoms with van der Waals surface area (Å²) in [6.45, 7) is 6.36. The molecule has 1 atom stereocenters. The molecule has 0 heterocycles. The summed E-state index contributed by atoms with van der Waals surface area (Å²) in [5, 5.41) is 8.94. The third-order valence-electron chi connectivity index (χ3n) is 2.79. The zero-order valence-electron chi connectivity index (χ0n) is 9.69. The van der Waals surface area contributed by atoms with E-state index in [2.05, 4.69) is 43.0 Å². The Bertz CT molecular complexity index is 260. The van der Waals surface area contributed by atoms with Crippen LogP contribution in [0, 0.1) is 0 Å². The normalized spacial score (nSPS) is 13.1. The molecular formula is C13H21NO. The van der Waals surface area contributed by atoms with Crippen LogP contribution in [0.2, 0.25) is 0 Å². The molecule has 0 aliphatic heterocycles. The summed E-state index contributed by atoms with van der Waals surface area (Å²) < 4.78 is 0. The quantitative estimate of drug-likeness (QED) is 0.770. The molecule has 1 aromatic rings. The first-order chi connectivity index (χ1) is 7.27. The number of aliphatic hydroxyl groups is 1. The maximum atomic E-state index is 8.94. The van der Waals surface area contributed by atoms with Gasteiger partial charge in [0.05, 0.1) is 6.61 Å². The van der Waals surface area contributed by atoms with Crippen LogP contribution in [-0.2, 0) is 6.42 Å². The van der Waals surface area contributed by atoms with Gasteiger partial charge in [-0.2, -0.15) is 0 Å². The number of hydrogen-bond donors (Lipinski definition) is 1. The summed E-state index contributed by atoms with van der Waals surface area (Å²) in [6.07, 6.45) is 1.05. The molecule has 0 saturated carbocycles. The van der Waals surface area contributed by atoms with Gasteiger partial charge in [0.25, 0.3) is 0 Å². The van der Waals surface area contributed by atoms with Crippen molar-refractivity contribution in [3.63, 3.8) is 0 Å². The topological polar surface area (TPSA) is 23.5 Å². The minimum atomic E-state index is 0.243. The molecule has 0 bridgehead atoms. The molecular weight excluding hydrogens is 186 g/mol. The smallest absolute Gasteiger partial charge is 0.0558 e. The van der Waals surface area contributed by atoms with Crippen LogP contribution in [0.4, 0.5) is 0 Å². The average Bonchev–Trinajstić information content (AvgIpc) is 2.27. The van der Waals surface area contributed by atoms with Crippen molar-refractivity contribution in [2.45, 2.75) is 26.3 Å². The van der Waals surface area contributed by atoms with E-state index in [0.717, 1.165) is 19.5 Å². The Morgan fingerprint density at radius 1 is 1.27 bits per heavy atom. The monoisotopic (exact) mass is 207 g/mol. The van der Waals surface area contributed by atoms with Gasteiger partial charge in [-0.3, -0.25) is 4.90 Å². The Morgan fingerprint density at radius 2 is 1.93 bits per heavy atom. The van der Waals surface area contributed by atoms with E-state index < -0.39 is 0 Å². The Kier molecular flexibility index (Phi) is 5.37. The van der Waals surface area contributed by atoms with Crippen molar-refractivity contribution >= 4 is 0 Å². The minimum absolute atomic E-state index is 0.243. The zero-order valence-corrected chi connectivity index (χ0v) is 9.69. The van der Waals surface area contributed by atoms with E-state index in [1.54, 1.807) is 0 Å². The van der Waals surface area contributed by atoms with Crippen molar-refractivity contribution in [1.29, 1.82) is 0 Å². The first-order valence-electron chi connectivity index (χ1n) is 5.66. The van der Waals surface area contributed by atoms with Gasteiger partial charge in [-0.15, -0.1) is 0 Å². The van der Waals surface area contributed by atoms with E-state index in [-0.39, 0.29) is 6.61 Å². The number of hydrogen-bond acceptors (Lipinski definition) is 2. The Morgan fingerprint density at radius 3 is 2.47 bits per heavy atom. The van der Waals surface area contributed by atoms with Gasteiger partial charge in [-0.1, -0.05) is 37.3 Å². The predicted molar refractivity (Wildman–Crippen MR) is 63.9 cm³/mol. The Hall–Kier alpha value is -0.860. The van der Waals surface area contributed by atoms with Crippen LogP contribution < -0.4 is 0 Å². The number of benzene rings is 1. The molecule has 1 rings (SSSR count). The zero-order chi connectivity index (χ0) is 11.1. The summed E-state index contributed by atoms with van der Waals surface area (Å²) in [4.78, 5) is 2.30. The van der Waals surface area contributed by atoms with Crippen LogP contribution in [0.3, 0.4) is 0 Å². The molecule has 0 aliphatic rings. The van der Waals surface area contributed by atoms with Crippen molar-refractivity contribution in [3.8, 4) is 0 Å². The van der Waals surface area contributed by atoms with Crippen LogP contribution in [-0.4, -0.2) is 35.7 Å². The van der Waals surface area contributed by atoms with Crippen molar-refractivity contribution < 1.29 is 5.11 Å². The van der Waals surface area contributed by atoms with Crippen LogP contribution in [0.25, 0.3) is 0 Å². The molecule has 2 heteroatoms. The maximum Gasteiger partial charge on any atom is 0.0558 e. The summed E-state index contributed by atoms with van der Waals surface area (Å²) >= 11 is 0. The largest absolute Gasteiger partial charge is 0.395 e. The van der Waals surface area contributed by atoms with Gasteiger partial charge in [0.2, 0.25) is 0 Å². The second kappa shape index (κ2) is 6.59. The Labute approximate surface area is 92.5 Å². The highest BCUT2D eigenvalue weighted by molar-refractivity contribution is 5.15. The van der Waals surface area contributed by atoms with Gasteiger partial charge < -0.3 is 5.11 Å². The second-order valence-electron chi connectivity index (χ2n) is 3.89. The first kappa shape index (κ1) is 12.2. The molecule has 0 saturated heterocycles. The number of likely N-dealkylation sites (N-methyl/N-ethyl adjacent to an activating group) is 1. The van der Waals surface area contributed by atoms with Gasteiger partial charge >= 0.3 is 0 Å². The molecule has 0 amide bonds. The van der Waals surface area contributed by atoms with Crippen molar-refractivity contribution in [1.82, 2.24) is 4.90 Å². The van der Waals surface area contributed by atoms with Crippen LogP contribution in [0.5, 0.6) is 0 Å². The lowest BCUT2D eigenvalue weighted by Crippen LogP contribution is -2.36. The molecule has 2 nitrogen and oxygen atoms in total. The SMILES string of the molecule is CCN(CCO)C(C)Cc1ccccc1. The molecule has 0 aromatic heterocycles. The Balaban J connectivity index is 2.50. The van der Waals surface area contributed by atoms with Crippen LogP contribution in [0.15, 0.2) is 30.3 Å². The summed E-state index contributed by atoms with van der Waals surface area (Å²) in [5.41, 5.74) is 1.36. The molecule has 84 valence electrons. The number of nitrogens with zero attached hydrogens (tertiary/aromatic N) is 1. The molecule has 0 radical (unpaired) electrons.